The van der Waals surface area contributed by atoms with Crippen LogP contribution in [0.1, 0.15) is 36.2 Å². The number of benzene rings is 1. The van der Waals surface area contributed by atoms with Gasteiger partial charge in [0.05, 0.1) is 7.05 Å². The molecule has 0 saturated heterocycles. The molecule has 0 radical (unpaired) electrons. The van der Waals surface area contributed by atoms with E-state index in [4.69, 9.17) is 0 Å². The summed E-state index contributed by atoms with van der Waals surface area (Å²) in [6.07, 6.45) is 0.859. The normalized spacial score (nSPS) is 12.8. The molecule has 0 spiro atoms. The summed E-state index contributed by atoms with van der Waals surface area (Å²) in [5, 5.41) is 8.05. The Bertz CT molecular complexity index is 586. The minimum absolute atomic E-state index is 0.123. The topological polar surface area (TPSA) is 91.7 Å². The van der Waals surface area contributed by atoms with Crippen LogP contribution in [0.5, 0.6) is 0 Å². The highest BCUT2D eigenvalue weighted by Crippen LogP contribution is 2.03. The Morgan fingerprint density at radius 2 is 1.80 bits per heavy atom. The number of carbonyl (C=O) groups is 3. The minimum atomic E-state index is -0.543. The summed E-state index contributed by atoms with van der Waals surface area (Å²) in [6.45, 7) is 5.18. The maximum atomic E-state index is 12.0. The molecular weight excluding hydrogens is 320 g/mol. The highest BCUT2D eigenvalue weighted by atomic mass is 16.2. The lowest BCUT2D eigenvalue weighted by Gasteiger charge is -2.17. The average molecular weight is 349 g/mol. The van der Waals surface area contributed by atoms with Crippen LogP contribution < -0.4 is 20.9 Å². The first-order valence-electron chi connectivity index (χ1n) is 8.56. The molecule has 0 aliphatic carbocycles. The zero-order chi connectivity index (χ0) is 18.8. The van der Waals surface area contributed by atoms with Crippen molar-refractivity contribution in [2.45, 2.75) is 32.9 Å². The summed E-state index contributed by atoms with van der Waals surface area (Å²) >= 11 is 0. The van der Waals surface area contributed by atoms with Crippen LogP contribution in [0.25, 0.3) is 0 Å². The first-order chi connectivity index (χ1) is 11.9. The van der Waals surface area contributed by atoms with Gasteiger partial charge in [0.25, 0.3) is 11.8 Å². The third-order valence-corrected chi connectivity index (χ3v) is 3.73. The standard InChI is InChI=1S/C18H28N4O3/c1-5-10-20-17(24)13(2)21-16(23)12-22(4)11-14-6-8-15(9-7-14)18(25)19-3/h6-9,13H,5,10-12H2,1-4H3,(H,19,25)(H,20,24)(H,21,23)/p+1/t13-/m1/s1. The van der Waals surface area contributed by atoms with Crippen LogP contribution in [-0.2, 0) is 16.1 Å². The van der Waals surface area contributed by atoms with E-state index < -0.39 is 6.04 Å². The molecule has 2 atom stereocenters. The molecule has 25 heavy (non-hydrogen) atoms. The monoisotopic (exact) mass is 349 g/mol. The van der Waals surface area contributed by atoms with E-state index in [1.807, 2.05) is 26.1 Å². The smallest absolute Gasteiger partial charge is 0.275 e. The van der Waals surface area contributed by atoms with Crippen LogP contribution in [0.4, 0.5) is 0 Å². The fourth-order valence-electron chi connectivity index (χ4n) is 2.36. The molecular formula is C18H29N4O3+. The average Bonchev–Trinajstić information content (AvgIpc) is 2.59. The zero-order valence-electron chi connectivity index (χ0n) is 15.4. The Morgan fingerprint density at radius 3 is 2.36 bits per heavy atom. The maximum Gasteiger partial charge on any atom is 0.275 e. The highest BCUT2D eigenvalue weighted by molar-refractivity contribution is 5.93. The van der Waals surface area contributed by atoms with Gasteiger partial charge in [-0.2, -0.15) is 0 Å². The number of carbonyl (C=O) groups excluding carboxylic acids is 3. The Morgan fingerprint density at radius 1 is 1.16 bits per heavy atom. The van der Waals surface area contributed by atoms with E-state index in [9.17, 15) is 14.4 Å². The van der Waals surface area contributed by atoms with Crippen LogP contribution in [0.15, 0.2) is 24.3 Å². The Balaban J connectivity index is 2.45. The molecule has 7 heteroatoms. The van der Waals surface area contributed by atoms with Crippen LogP contribution in [-0.4, -0.2) is 50.9 Å². The fourth-order valence-corrected chi connectivity index (χ4v) is 2.36. The molecule has 1 aromatic carbocycles. The number of quaternary nitrogens is 1. The summed E-state index contributed by atoms with van der Waals surface area (Å²) < 4.78 is 0. The molecule has 138 valence electrons. The number of hydrogen-bond acceptors (Lipinski definition) is 3. The number of hydrogen-bond donors (Lipinski definition) is 4. The number of likely N-dealkylation sites (N-methyl/N-ethyl adjacent to an activating group) is 1. The van der Waals surface area contributed by atoms with Gasteiger partial charge in [0.1, 0.15) is 12.6 Å². The second-order valence-electron chi connectivity index (χ2n) is 6.17. The van der Waals surface area contributed by atoms with Crippen LogP contribution in [0.3, 0.4) is 0 Å². The Hall–Kier alpha value is -2.41. The quantitative estimate of drug-likeness (QED) is 0.465. The Labute approximate surface area is 149 Å². The first-order valence-corrected chi connectivity index (χ1v) is 8.56. The van der Waals surface area contributed by atoms with E-state index in [2.05, 4.69) is 16.0 Å². The molecule has 1 rings (SSSR count). The number of rotatable bonds is 9. The van der Waals surface area contributed by atoms with Gasteiger partial charge in [0.2, 0.25) is 5.91 Å². The molecule has 0 fully saturated rings. The molecule has 0 saturated carbocycles. The molecule has 1 unspecified atom stereocenters. The van der Waals surface area contributed by atoms with Gasteiger partial charge in [-0.3, -0.25) is 14.4 Å². The molecule has 0 aliphatic rings. The second kappa shape index (κ2) is 10.5. The van der Waals surface area contributed by atoms with E-state index in [0.717, 1.165) is 16.9 Å². The Kier molecular flexibility index (Phi) is 8.63. The largest absolute Gasteiger partial charge is 0.355 e. The van der Waals surface area contributed by atoms with Gasteiger partial charge in [-0.25, -0.2) is 0 Å². The molecule has 0 aliphatic heterocycles. The molecule has 0 bridgehead atoms. The summed E-state index contributed by atoms with van der Waals surface area (Å²) in [4.78, 5) is 36.3. The lowest BCUT2D eigenvalue weighted by molar-refractivity contribution is -0.885. The lowest BCUT2D eigenvalue weighted by Crippen LogP contribution is -3.09. The molecule has 0 aromatic heterocycles. The third-order valence-electron chi connectivity index (χ3n) is 3.73. The predicted molar refractivity (Wildman–Crippen MR) is 96.2 cm³/mol. The maximum absolute atomic E-state index is 12.0. The summed E-state index contributed by atoms with van der Waals surface area (Å²) in [5.74, 6) is -0.460. The highest BCUT2D eigenvalue weighted by Gasteiger charge is 2.17. The van der Waals surface area contributed by atoms with Gasteiger partial charge < -0.3 is 20.9 Å². The van der Waals surface area contributed by atoms with E-state index >= 15 is 0 Å². The van der Waals surface area contributed by atoms with Crippen LogP contribution in [0, 0.1) is 0 Å². The van der Waals surface area contributed by atoms with Crippen molar-refractivity contribution >= 4 is 17.7 Å². The van der Waals surface area contributed by atoms with E-state index in [0.29, 0.717) is 18.7 Å². The second-order valence-corrected chi connectivity index (χ2v) is 6.17. The molecule has 4 N–H and O–H groups in total. The van der Waals surface area contributed by atoms with Gasteiger partial charge in [-0.05, 0) is 25.5 Å². The van der Waals surface area contributed by atoms with Crippen molar-refractivity contribution in [1.82, 2.24) is 16.0 Å². The van der Waals surface area contributed by atoms with E-state index in [1.54, 1.807) is 26.1 Å². The van der Waals surface area contributed by atoms with Crippen molar-refractivity contribution in [3.8, 4) is 0 Å². The van der Waals surface area contributed by atoms with Crippen molar-refractivity contribution in [2.24, 2.45) is 0 Å². The van der Waals surface area contributed by atoms with Crippen LogP contribution >= 0.6 is 0 Å². The summed E-state index contributed by atoms with van der Waals surface area (Å²) in [5.41, 5.74) is 1.64. The van der Waals surface area contributed by atoms with Gasteiger partial charge in [-0.15, -0.1) is 0 Å². The van der Waals surface area contributed by atoms with Gasteiger partial charge in [0.15, 0.2) is 6.54 Å². The number of amides is 3. The van der Waals surface area contributed by atoms with Gasteiger partial charge in [0, 0.05) is 24.7 Å². The summed E-state index contributed by atoms with van der Waals surface area (Å²) in [7, 11) is 3.50. The van der Waals surface area contributed by atoms with Crippen molar-refractivity contribution in [1.29, 1.82) is 0 Å². The third kappa shape index (κ3) is 7.34. The minimum Gasteiger partial charge on any atom is -0.355 e. The fraction of sp³-hybridized carbons (Fsp3) is 0.500. The van der Waals surface area contributed by atoms with Crippen LogP contribution in [0.2, 0.25) is 0 Å². The zero-order valence-corrected chi connectivity index (χ0v) is 15.4. The number of nitrogens with one attached hydrogen (secondary N) is 4. The molecule has 1 aromatic rings. The molecule has 3 amide bonds. The SMILES string of the molecule is CCCNC(=O)[C@@H](C)NC(=O)C[NH+](C)Cc1ccc(C(=O)NC)cc1. The first kappa shape index (κ1) is 20.6. The molecule has 0 heterocycles. The molecule has 7 nitrogen and oxygen atoms in total. The van der Waals surface area contributed by atoms with Crippen molar-refractivity contribution in [3.05, 3.63) is 35.4 Å². The summed E-state index contributed by atoms with van der Waals surface area (Å²) in [6, 6.07) is 6.75. The van der Waals surface area contributed by atoms with Crippen molar-refractivity contribution in [3.63, 3.8) is 0 Å². The van der Waals surface area contributed by atoms with Crippen molar-refractivity contribution < 1.29 is 19.3 Å². The lowest BCUT2D eigenvalue weighted by atomic mass is 10.1. The van der Waals surface area contributed by atoms with Crippen molar-refractivity contribution in [2.75, 3.05) is 27.2 Å². The van der Waals surface area contributed by atoms with Gasteiger partial charge in [-0.1, -0.05) is 19.1 Å². The van der Waals surface area contributed by atoms with E-state index in [1.165, 1.54) is 0 Å². The van der Waals surface area contributed by atoms with E-state index in [-0.39, 0.29) is 24.3 Å². The van der Waals surface area contributed by atoms with Gasteiger partial charge >= 0.3 is 0 Å². The predicted octanol–water partition coefficient (Wildman–Crippen LogP) is -0.908.